The predicted molar refractivity (Wildman–Crippen MR) is 230 cm³/mol. The maximum atomic E-state index is 13.7. The highest BCUT2D eigenvalue weighted by molar-refractivity contribution is 6.11. The summed E-state index contributed by atoms with van der Waals surface area (Å²) in [4.78, 5) is 55.3. The molecule has 0 atom stereocenters. The van der Waals surface area contributed by atoms with Crippen LogP contribution in [-0.4, -0.2) is 117 Å². The van der Waals surface area contributed by atoms with Crippen LogP contribution in [0.25, 0.3) is 0 Å². The van der Waals surface area contributed by atoms with E-state index in [0.717, 1.165) is 24.0 Å². The summed E-state index contributed by atoms with van der Waals surface area (Å²) in [6.45, 7) is 38.2. The van der Waals surface area contributed by atoms with Crippen molar-refractivity contribution in [3.05, 3.63) is 35.4 Å². The molecule has 0 saturated carbocycles. The maximum Gasteiger partial charge on any atom is 0.324 e. The molecular formula is C42H76N10O2. The van der Waals surface area contributed by atoms with E-state index in [-0.39, 0.29) is 60.4 Å². The molecule has 12 heteroatoms. The Hall–Kier alpha value is -3.96. The quantitative estimate of drug-likeness (QED) is 0.146. The summed E-state index contributed by atoms with van der Waals surface area (Å²) >= 11 is 0. The molecule has 4 amide bonds. The summed E-state index contributed by atoms with van der Waals surface area (Å²) in [6.07, 6.45) is 1.69. The number of aliphatic imine (C=N–C) groups is 4. The minimum atomic E-state index is -0.200. The number of rotatable bonds is 14. The molecule has 1 aromatic rings. The first-order valence-corrected chi connectivity index (χ1v) is 20.3. The average molecular weight is 753 g/mol. The molecule has 0 spiro atoms. The number of carbonyl (C=O) groups is 2. The van der Waals surface area contributed by atoms with Crippen molar-refractivity contribution in [2.24, 2.45) is 20.0 Å². The fourth-order valence-corrected chi connectivity index (χ4v) is 6.71. The average Bonchev–Trinajstić information content (AvgIpc) is 3.03. The third-order valence-corrected chi connectivity index (χ3v) is 8.64. The van der Waals surface area contributed by atoms with Gasteiger partial charge < -0.3 is 19.6 Å². The molecule has 0 aliphatic carbocycles. The molecule has 54 heavy (non-hydrogen) atoms. The van der Waals surface area contributed by atoms with Crippen molar-refractivity contribution >= 4 is 35.7 Å². The van der Waals surface area contributed by atoms with E-state index in [4.69, 9.17) is 20.0 Å². The molecular weight excluding hydrogens is 677 g/mol. The SMILES string of the molecule is CCCN=C(N=C(NC(=O)N(C(C)C)C(C)C)N(C(C)C)C(C)C)c1ccc(C(=NCCC)N=C(NC(=O)N(C(C)C)C(C)C)N(C(C)C)C(C)C)cc1. The van der Waals surface area contributed by atoms with Gasteiger partial charge in [0.15, 0.2) is 11.7 Å². The van der Waals surface area contributed by atoms with Crippen molar-refractivity contribution in [2.45, 2.75) is 186 Å². The first kappa shape index (κ1) is 48.1. The van der Waals surface area contributed by atoms with Crippen molar-refractivity contribution in [2.75, 3.05) is 13.1 Å². The highest BCUT2D eigenvalue weighted by Crippen LogP contribution is 2.16. The lowest BCUT2D eigenvalue weighted by molar-refractivity contribution is 0.166. The Bertz CT molecular complexity index is 1280. The van der Waals surface area contributed by atoms with Gasteiger partial charge in [0.25, 0.3) is 0 Å². The van der Waals surface area contributed by atoms with Gasteiger partial charge in [-0.2, -0.15) is 9.98 Å². The topological polar surface area (TPSA) is 121 Å². The number of urea groups is 2. The van der Waals surface area contributed by atoms with Gasteiger partial charge in [-0.1, -0.05) is 38.1 Å². The minimum Gasteiger partial charge on any atom is -0.337 e. The molecule has 0 heterocycles. The number of amidine groups is 2. The normalized spacial score (nSPS) is 13.4. The van der Waals surface area contributed by atoms with Gasteiger partial charge in [0.05, 0.1) is 0 Å². The first-order valence-electron chi connectivity index (χ1n) is 20.3. The van der Waals surface area contributed by atoms with E-state index in [1.54, 1.807) is 0 Å². The van der Waals surface area contributed by atoms with Gasteiger partial charge in [0.1, 0.15) is 0 Å². The number of hydrogen-bond acceptors (Lipinski definition) is 4. The monoisotopic (exact) mass is 753 g/mol. The van der Waals surface area contributed by atoms with Gasteiger partial charge in [-0.05, 0) is 124 Å². The van der Waals surface area contributed by atoms with Gasteiger partial charge in [-0.25, -0.2) is 9.59 Å². The lowest BCUT2D eigenvalue weighted by Gasteiger charge is -2.36. The second-order valence-electron chi connectivity index (χ2n) is 16.1. The van der Waals surface area contributed by atoms with Crippen LogP contribution >= 0.6 is 0 Å². The van der Waals surface area contributed by atoms with Crippen LogP contribution in [0.4, 0.5) is 9.59 Å². The van der Waals surface area contributed by atoms with E-state index < -0.39 is 0 Å². The first-order chi connectivity index (χ1) is 25.2. The Morgan fingerprint density at radius 1 is 0.463 bits per heavy atom. The molecule has 306 valence electrons. The smallest absolute Gasteiger partial charge is 0.324 e. The lowest BCUT2D eigenvalue weighted by atomic mass is 10.1. The van der Waals surface area contributed by atoms with E-state index in [1.807, 2.05) is 89.5 Å². The number of carbonyl (C=O) groups excluding carboxylic acids is 2. The summed E-state index contributed by atoms with van der Waals surface area (Å²) < 4.78 is 0. The third-order valence-electron chi connectivity index (χ3n) is 8.64. The molecule has 2 N–H and O–H groups in total. The fourth-order valence-electron chi connectivity index (χ4n) is 6.71. The van der Waals surface area contributed by atoms with E-state index in [9.17, 15) is 9.59 Å². The number of nitrogens with zero attached hydrogens (tertiary/aromatic N) is 8. The molecule has 0 unspecified atom stereocenters. The van der Waals surface area contributed by atoms with Gasteiger partial charge >= 0.3 is 12.1 Å². The Morgan fingerprint density at radius 2 is 0.704 bits per heavy atom. The number of benzene rings is 1. The number of amides is 4. The van der Waals surface area contributed by atoms with Crippen molar-refractivity contribution in [3.63, 3.8) is 0 Å². The molecule has 1 aromatic carbocycles. The Balaban J connectivity index is 3.96. The van der Waals surface area contributed by atoms with Crippen molar-refractivity contribution < 1.29 is 9.59 Å². The highest BCUT2D eigenvalue weighted by atomic mass is 16.2. The maximum absolute atomic E-state index is 13.7. The van der Waals surface area contributed by atoms with Gasteiger partial charge in [-0.3, -0.25) is 20.6 Å². The summed E-state index contributed by atoms with van der Waals surface area (Å²) in [5.74, 6) is 1.99. The van der Waals surface area contributed by atoms with Crippen molar-refractivity contribution in [3.8, 4) is 0 Å². The van der Waals surface area contributed by atoms with Crippen LogP contribution < -0.4 is 10.6 Å². The second-order valence-corrected chi connectivity index (χ2v) is 16.1. The van der Waals surface area contributed by atoms with Gasteiger partial charge in [-0.15, -0.1) is 0 Å². The Kier molecular flexibility index (Phi) is 20.5. The standard InChI is InChI=1S/C42H76N10O2/c1-19-25-43-37(45-39(49(27(3)4)28(5)6)47-41(53)51(31(11)12)32(13)14)35-21-23-36(24-22-35)38(44-26-20-2)46-40(50(29(7)8)30(9)10)48-42(54)52(33(15)16)34(17)18/h21-24,27-34H,19-20,25-26H2,1-18H3,(H,43,45,47,53)(H,44,46,48,54). The summed E-state index contributed by atoms with van der Waals surface area (Å²) in [5, 5.41) is 6.32. The lowest BCUT2D eigenvalue weighted by Crippen LogP contribution is -2.56. The zero-order chi connectivity index (χ0) is 41.4. The van der Waals surface area contributed by atoms with Crippen LogP contribution in [0.15, 0.2) is 44.2 Å². The minimum absolute atomic E-state index is 0.0103. The highest BCUT2D eigenvalue weighted by Gasteiger charge is 2.28. The van der Waals surface area contributed by atoms with Crippen LogP contribution in [0.1, 0.15) is 149 Å². The zero-order valence-electron chi connectivity index (χ0n) is 37.2. The van der Waals surface area contributed by atoms with Crippen molar-refractivity contribution in [1.29, 1.82) is 0 Å². The Labute approximate surface area is 329 Å². The summed E-state index contributed by atoms with van der Waals surface area (Å²) in [6, 6.07) is 7.84. The van der Waals surface area contributed by atoms with E-state index in [2.05, 4.69) is 89.7 Å². The Morgan fingerprint density at radius 3 is 0.907 bits per heavy atom. The van der Waals surface area contributed by atoms with Crippen LogP contribution in [0.3, 0.4) is 0 Å². The predicted octanol–water partition coefficient (Wildman–Crippen LogP) is 8.61. The molecule has 0 aliphatic rings. The van der Waals surface area contributed by atoms with E-state index in [1.165, 1.54) is 0 Å². The fraction of sp³-hybridized carbons (Fsp3) is 0.714. The number of nitrogens with one attached hydrogen (secondary N) is 2. The van der Waals surface area contributed by atoms with E-state index >= 15 is 0 Å². The molecule has 12 nitrogen and oxygen atoms in total. The second kappa shape index (κ2) is 23.1. The third kappa shape index (κ3) is 14.4. The zero-order valence-corrected chi connectivity index (χ0v) is 37.2. The molecule has 0 aliphatic heterocycles. The van der Waals surface area contributed by atoms with Crippen molar-refractivity contribution in [1.82, 2.24) is 30.2 Å². The summed E-state index contributed by atoms with van der Waals surface area (Å²) in [5.41, 5.74) is 1.61. The number of guanidine groups is 2. The van der Waals surface area contributed by atoms with Crippen LogP contribution in [-0.2, 0) is 0 Å². The molecule has 0 radical (unpaired) electrons. The number of hydrogen-bond donors (Lipinski definition) is 2. The van der Waals surface area contributed by atoms with Gasteiger partial charge in [0, 0.05) is 72.6 Å². The molecule has 0 saturated heterocycles. The summed E-state index contributed by atoms with van der Waals surface area (Å²) in [7, 11) is 0. The molecule has 0 bridgehead atoms. The molecule has 0 aromatic heterocycles. The molecule has 1 rings (SSSR count). The largest absolute Gasteiger partial charge is 0.337 e. The van der Waals surface area contributed by atoms with Crippen LogP contribution in [0, 0.1) is 0 Å². The van der Waals surface area contributed by atoms with Crippen LogP contribution in [0.2, 0.25) is 0 Å². The molecule has 0 fully saturated rings. The van der Waals surface area contributed by atoms with E-state index in [0.29, 0.717) is 36.7 Å². The van der Waals surface area contributed by atoms with Crippen LogP contribution in [0.5, 0.6) is 0 Å². The van der Waals surface area contributed by atoms with Gasteiger partial charge in [0.2, 0.25) is 11.9 Å².